The summed E-state index contributed by atoms with van der Waals surface area (Å²) >= 11 is 6.10. The van der Waals surface area contributed by atoms with Crippen LogP contribution in [0.3, 0.4) is 0 Å². The van der Waals surface area contributed by atoms with Gasteiger partial charge in [-0.3, -0.25) is 10.2 Å². The van der Waals surface area contributed by atoms with E-state index in [4.69, 9.17) is 22.2 Å². The van der Waals surface area contributed by atoms with E-state index in [0.29, 0.717) is 13.2 Å². The van der Waals surface area contributed by atoms with Crippen molar-refractivity contribution in [2.24, 2.45) is 5.84 Å². The summed E-state index contributed by atoms with van der Waals surface area (Å²) in [5, 5.41) is 8.26. The molecular formula is C13H16ClN5O2. The molecule has 0 unspecified atom stereocenters. The quantitative estimate of drug-likeness (QED) is 0.492. The molecule has 7 nitrogen and oxygen atoms in total. The van der Waals surface area contributed by atoms with Gasteiger partial charge in [0.25, 0.3) is 5.91 Å². The van der Waals surface area contributed by atoms with Crippen molar-refractivity contribution >= 4 is 17.5 Å². The molecule has 1 heterocycles. The Balaban J connectivity index is 1.92. The van der Waals surface area contributed by atoms with Crippen molar-refractivity contribution in [1.29, 1.82) is 0 Å². The van der Waals surface area contributed by atoms with Crippen molar-refractivity contribution in [2.75, 3.05) is 6.61 Å². The third-order valence-corrected chi connectivity index (χ3v) is 3.50. The molecule has 0 bridgehead atoms. The lowest BCUT2D eigenvalue weighted by Crippen LogP contribution is -2.30. The zero-order chi connectivity index (χ0) is 15.4. The molecule has 1 amide bonds. The number of amides is 1. The molecule has 0 aliphatic carbocycles. The lowest BCUT2D eigenvalue weighted by Gasteiger charge is -2.09. The number of halogens is 1. The number of nitrogens with zero attached hydrogens (tertiary/aromatic N) is 3. The molecule has 0 fully saturated rings. The Morgan fingerprint density at radius 3 is 2.71 bits per heavy atom. The highest BCUT2D eigenvalue weighted by atomic mass is 35.5. The Labute approximate surface area is 127 Å². The predicted octanol–water partition coefficient (Wildman–Crippen LogP) is 1.23. The maximum Gasteiger partial charge on any atom is 0.287 e. The number of carbonyl (C=O) groups excluding carboxylic acids is 1. The van der Waals surface area contributed by atoms with E-state index in [1.165, 1.54) is 10.9 Å². The number of aryl methyl sites for hydroxylation is 2. The predicted molar refractivity (Wildman–Crippen MR) is 78.1 cm³/mol. The van der Waals surface area contributed by atoms with Crippen LogP contribution in [0.25, 0.3) is 0 Å². The summed E-state index contributed by atoms with van der Waals surface area (Å²) in [7, 11) is 0. The lowest BCUT2D eigenvalue weighted by atomic mass is 10.1. The van der Waals surface area contributed by atoms with Gasteiger partial charge < -0.3 is 4.74 Å². The normalized spacial score (nSPS) is 10.5. The van der Waals surface area contributed by atoms with Crippen LogP contribution < -0.4 is 16.0 Å². The Morgan fingerprint density at radius 1 is 1.43 bits per heavy atom. The third kappa shape index (κ3) is 3.71. The van der Waals surface area contributed by atoms with Crippen LogP contribution in [-0.4, -0.2) is 27.5 Å². The number of nitrogen functional groups attached to an aromatic ring is 1. The molecule has 2 rings (SSSR count). The van der Waals surface area contributed by atoms with Crippen LogP contribution in [0.1, 0.15) is 21.6 Å². The molecule has 112 valence electrons. The molecule has 0 saturated heterocycles. The third-order valence-electron chi connectivity index (χ3n) is 2.90. The minimum Gasteiger partial charge on any atom is -0.492 e. The van der Waals surface area contributed by atoms with Gasteiger partial charge in [-0.2, -0.15) is 0 Å². The van der Waals surface area contributed by atoms with Crippen molar-refractivity contribution in [3.8, 4) is 5.75 Å². The maximum absolute atomic E-state index is 11.2. The Morgan fingerprint density at radius 2 is 2.10 bits per heavy atom. The first-order valence-corrected chi connectivity index (χ1v) is 6.69. The number of hydrazine groups is 1. The molecule has 0 aliphatic heterocycles. The number of hydrogen-bond acceptors (Lipinski definition) is 5. The van der Waals surface area contributed by atoms with Crippen LogP contribution in [0, 0.1) is 13.8 Å². The van der Waals surface area contributed by atoms with Gasteiger partial charge in [0.2, 0.25) is 0 Å². The molecule has 2 aromatic rings. The molecule has 8 heteroatoms. The van der Waals surface area contributed by atoms with Crippen molar-refractivity contribution in [3.63, 3.8) is 0 Å². The van der Waals surface area contributed by atoms with Gasteiger partial charge in [0.1, 0.15) is 12.4 Å². The number of nitrogens with one attached hydrogen (secondary N) is 1. The first-order valence-electron chi connectivity index (χ1n) is 6.32. The zero-order valence-electron chi connectivity index (χ0n) is 11.8. The first kappa shape index (κ1) is 15.3. The fourth-order valence-electron chi connectivity index (χ4n) is 1.83. The number of aromatic nitrogens is 3. The van der Waals surface area contributed by atoms with E-state index in [1.807, 2.05) is 31.4 Å². The number of hydrogen-bond donors (Lipinski definition) is 2. The van der Waals surface area contributed by atoms with Crippen LogP contribution in [0.2, 0.25) is 5.02 Å². The molecule has 0 saturated carbocycles. The average molecular weight is 310 g/mol. The lowest BCUT2D eigenvalue weighted by molar-refractivity contribution is 0.0948. The number of ether oxygens (including phenoxy) is 1. The fraction of sp³-hybridized carbons (Fsp3) is 0.308. The van der Waals surface area contributed by atoms with Crippen molar-refractivity contribution < 1.29 is 9.53 Å². The van der Waals surface area contributed by atoms with Gasteiger partial charge >= 0.3 is 0 Å². The van der Waals surface area contributed by atoms with Crippen LogP contribution in [0.15, 0.2) is 18.3 Å². The van der Waals surface area contributed by atoms with Gasteiger partial charge in [-0.1, -0.05) is 16.8 Å². The van der Waals surface area contributed by atoms with Gasteiger partial charge in [-0.05, 0) is 37.1 Å². The van der Waals surface area contributed by atoms with E-state index >= 15 is 0 Å². The molecular weight excluding hydrogens is 294 g/mol. The highest BCUT2D eigenvalue weighted by Crippen LogP contribution is 2.25. The van der Waals surface area contributed by atoms with Gasteiger partial charge in [0.15, 0.2) is 5.69 Å². The maximum atomic E-state index is 11.2. The van der Waals surface area contributed by atoms with Gasteiger partial charge in [-0.15, -0.1) is 5.10 Å². The van der Waals surface area contributed by atoms with Crippen LogP contribution in [0.4, 0.5) is 0 Å². The van der Waals surface area contributed by atoms with E-state index in [9.17, 15) is 4.79 Å². The summed E-state index contributed by atoms with van der Waals surface area (Å²) in [6, 6.07) is 3.76. The zero-order valence-corrected chi connectivity index (χ0v) is 12.5. The van der Waals surface area contributed by atoms with Crippen molar-refractivity contribution in [1.82, 2.24) is 20.4 Å². The Bertz CT molecular complexity index is 633. The van der Waals surface area contributed by atoms with Crippen LogP contribution >= 0.6 is 11.6 Å². The summed E-state index contributed by atoms with van der Waals surface area (Å²) in [4.78, 5) is 11.2. The molecule has 0 spiro atoms. The minimum atomic E-state index is -0.480. The van der Waals surface area contributed by atoms with E-state index in [-0.39, 0.29) is 5.69 Å². The molecule has 21 heavy (non-hydrogen) atoms. The highest BCUT2D eigenvalue weighted by Gasteiger charge is 2.09. The van der Waals surface area contributed by atoms with E-state index < -0.39 is 5.91 Å². The molecule has 3 N–H and O–H groups in total. The van der Waals surface area contributed by atoms with Gasteiger partial charge in [0, 0.05) is 5.02 Å². The van der Waals surface area contributed by atoms with Crippen LogP contribution in [-0.2, 0) is 6.54 Å². The van der Waals surface area contributed by atoms with Crippen LogP contribution in [0.5, 0.6) is 5.75 Å². The monoisotopic (exact) mass is 309 g/mol. The number of rotatable bonds is 5. The van der Waals surface area contributed by atoms with Crippen molar-refractivity contribution in [2.45, 2.75) is 20.4 Å². The summed E-state index contributed by atoms with van der Waals surface area (Å²) in [6.45, 7) is 4.72. The Kier molecular flexibility index (Phi) is 4.77. The van der Waals surface area contributed by atoms with E-state index in [2.05, 4.69) is 10.3 Å². The molecule has 1 aromatic heterocycles. The summed E-state index contributed by atoms with van der Waals surface area (Å²) in [5.41, 5.74) is 4.09. The second-order valence-corrected chi connectivity index (χ2v) is 4.94. The first-order chi connectivity index (χ1) is 10.0. The molecule has 1 aromatic carbocycles. The standard InChI is InChI=1S/C13H16ClN5O2/c1-8-5-10(6-9(2)12(8)14)21-4-3-19-7-11(17-18-19)13(20)16-15/h5-7H,3-4,15H2,1-2H3,(H,16,20). The summed E-state index contributed by atoms with van der Waals surface area (Å²) < 4.78 is 7.16. The average Bonchev–Trinajstić information content (AvgIpc) is 2.92. The van der Waals surface area contributed by atoms with Gasteiger partial charge in [0.05, 0.1) is 12.7 Å². The van der Waals surface area contributed by atoms with E-state index in [0.717, 1.165) is 21.9 Å². The van der Waals surface area contributed by atoms with Gasteiger partial charge in [-0.25, -0.2) is 10.5 Å². The second-order valence-electron chi connectivity index (χ2n) is 4.56. The molecule has 0 radical (unpaired) electrons. The smallest absolute Gasteiger partial charge is 0.287 e. The number of carbonyl (C=O) groups is 1. The van der Waals surface area contributed by atoms with Crippen molar-refractivity contribution in [3.05, 3.63) is 40.2 Å². The molecule has 0 atom stereocenters. The SMILES string of the molecule is Cc1cc(OCCn2cc(C(=O)NN)nn2)cc(C)c1Cl. The second kappa shape index (κ2) is 6.55. The summed E-state index contributed by atoms with van der Waals surface area (Å²) in [5.74, 6) is 5.28. The van der Waals surface area contributed by atoms with E-state index in [1.54, 1.807) is 0 Å². The number of nitrogens with two attached hydrogens (primary N) is 1. The Hall–Kier alpha value is -2.12. The largest absolute Gasteiger partial charge is 0.492 e. The highest BCUT2D eigenvalue weighted by molar-refractivity contribution is 6.32. The number of benzene rings is 1. The fourth-order valence-corrected chi connectivity index (χ4v) is 1.94. The summed E-state index contributed by atoms with van der Waals surface area (Å²) in [6.07, 6.45) is 1.50. The minimum absolute atomic E-state index is 0.163. The topological polar surface area (TPSA) is 95.1 Å². The molecule has 0 aliphatic rings.